The normalized spacial score (nSPS) is 11.2. The third-order valence-electron chi connectivity index (χ3n) is 2.56. The molecule has 4 nitrogen and oxygen atoms in total. The molecule has 1 N–H and O–H groups in total. The first-order valence-corrected chi connectivity index (χ1v) is 5.76. The van der Waals surface area contributed by atoms with Crippen molar-refractivity contribution in [3.05, 3.63) is 41.7 Å². The number of aryl methyl sites for hydroxylation is 1. The van der Waals surface area contributed by atoms with E-state index in [1.54, 1.807) is 25.3 Å². The van der Waals surface area contributed by atoms with Crippen LogP contribution >= 0.6 is 0 Å². The van der Waals surface area contributed by atoms with E-state index < -0.39 is 11.7 Å². The van der Waals surface area contributed by atoms with Gasteiger partial charge in [-0.15, -0.1) is 0 Å². The smallest absolute Gasteiger partial charge is 0.416 e. The lowest BCUT2D eigenvalue weighted by molar-refractivity contribution is -0.137. The molecule has 2 rings (SSSR count). The van der Waals surface area contributed by atoms with Crippen LogP contribution in [0, 0.1) is 6.92 Å². The molecular weight excluding hydrogens is 271 g/mol. The lowest BCUT2D eigenvalue weighted by atomic mass is 10.2. The molecule has 2 aromatic rings. The molecule has 0 spiro atoms. The number of nitrogens with zero attached hydrogens (tertiary/aromatic N) is 2. The molecule has 20 heavy (non-hydrogen) atoms. The zero-order valence-electron chi connectivity index (χ0n) is 10.8. The SMILES string of the molecule is CNc1cc(C(F)(F)F)cc(Oc2cccnc2C)n1. The van der Waals surface area contributed by atoms with Crippen molar-refractivity contribution in [2.24, 2.45) is 0 Å². The molecule has 0 aliphatic carbocycles. The lowest BCUT2D eigenvalue weighted by Gasteiger charge is -2.12. The Morgan fingerprint density at radius 1 is 1.25 bits per heavy atom. The van der Waals surface area contributed by atoms with Gasteiger partial charge < -0.3 is 10.1 Å². The Balaban J connectivity index is 2.39. The van der Waals surface area contributed by atoms with Crippen molar-refractivity contribution in [1.29, 1.82) is 0 Å². The molecule has 7 heteroatoms. The van der Waals surface area contributed by atoms with Crippen molar-refractivity contribution in [3.8, 4) is 11.6 Å². The van der Waals surface area contributed by atoms with Gasteiger partial charge in [-0.2, -0.15) is 18.2 Å². The van der Waals surface area contributed by atoms with Gasteiger partial charge in [0.25, 0.3) is 0 Å². The number of aromatic nitrogens is 2. The van der Waals surface area contributed by atoms with E-state index in [9.17, 15) is 13.2 Å². The number of hydrogen-bond donors (Lipinski definition) is 1. The van der Waals surface area contributed by atoms with E-state index in [0.717, 1.165) is 12.1 Å². The fourth-order valence-electron chi connectivity index (χ4n) is 1.54. The summed E-state index contributed by atoms with van der Waals surface area (Å²) in [5, 5.41) is 2.57. The van der Waals surface area contributed by atoms with E-state index in [-0.39, 0.29) is 11.7 Å². The second-order valence-electron chi connectivity index (χ2n) is 4.02. The van der Waals surface area contributed by atoms with Crippen LogP contribution in [0.4, 0.5) is 19.0 Å². The summed E-state index contributed by atoms with van der Waals surface area (Å²) in [5.41, 5.74) is -0.258. The van der Waals surface area contributed by atoms with Crippen molar-refractivity contribution in [3.63, 3.8) is 0 Å². The van der Waals surface area contributed by atoms with Gasteiger partial charge in [0.05, 0.1) is 11.3 Å². The molecule has 0 saturated heterocycles. The molecule has 0 unspecified atom stereocenters. The summed E-state index contributed by atoms with van der Waals surface area (Å²) in [6.45, 7) is 1.70. The fourth-order valence-corrected chi connectivity index (χ4v) is 1.54. The Hall–Kier alpha value is -2.31. The molecule has 2 aromatic heterocycles. The summed E-state index contributed by atoms with van der Waals surface area (Å²) in [4.78, 5) is 7.94. The van der Waals surface area contributed by atoms with Crippen LogP contribution in [0.25, 0.3) is 0 Å². The van der Waals surface area contributed by atoms with Gasteiger partial charge in [-0.1, -0.05) is 0 Å². The highest BCUT2D eigenvalue weighted by molar-refractivity contribution is 5.43. The lowest BCUT2D eigenvalue weighted by Crippen LogP contribution is -2.07. The quantitative estimate of drug-likeness (QED) is 0.934. The average Bonchev–Trinajstić information content (AvgIpc) is 2.40. The predicted molar refractivity (Wildman–Crippen MR) is 67.8 cm³/mol. The standard InChI is InChI=1S/C13H12F3N3O/c1-8-10(4-3-5-18-8)20-12-7-9(13(14,15)16)6-11(17-2)19-12/h3-7H,1-2H3,(H,17,19). The van der Waals surface area contributed by atoms with Gasteiger partial charge in [0.2, 0.25) is 5.88 Å². The maximum atomic E-state index is 12.8. The molecule has 0 atom stereocenters. The number of anilines is 1. The Kier molecular flexibility index (Phi) is 3.78. The first-order chi connectivity index (χ1) is 9.40. The molecule has 0 aromatic carbocycles. The minimum Gasteiger partial charge on any atom is -0.437 e. The van der Waals surface area contributed by atoms with Crippen LogP contribution in [0.3, 0.4) is 0 Å². The zero-order chi connectivity index (χ0) is 14.8. The van der Waals surface area contributed by atoms with Gasteiger partial charge in [0, 0.05) is 19.3 Å². The molecule has 106 valence electrons. The summed E-state index contributed by atoms with van der Waals surface area (Å²) in [7, 11) is 1.49. The van der Waals surface area contributed by atoms with Gasteiger partial charge in [-0.25, -0.2) is 0 Å². The third kappa shape index (κ3) is 3.17. The van der Waals surface area contributed by atoms with Gasteiger partial charge >= 0.3 is 6.18 Å². The van der Waals surface area contributed by atoms with Gasteiger partial charge in [-0.05, 0) is 25.1 Å². The van der Waals surface area contributed by atoms with Gasteiger partial charge in [0.1, 0.15) is 5.82 Å². The number of pyridine rings is 2. The van der Waals surface area contributed by atoms with E-state index >= 15 is 0 Å². The minimum atomic E-state index is -4.46. The highest BCUT2D eigenvalue weighted by Crippen LogP contribution is 2.33. The fraction of sp³-hybridized carbons (Fsp3) is 0.231. The molecule has 0 radical (unpaired) electrons. The zero-order valence-corrected chi connectivity index (χ0v) is 10.8. The van der Waals surface area contributed by atoms with Crippen LogP contribution in [0.1, 0.15) is 11.3 Å². The number of halogens is 3. The molecule has 0 aliphatic heterocycles. The van der Waals surface area contributed by atoms with E-state index in [1.807, 2.05) is 0 Å². The van der Waals surface area contributed by atoms with E-state index in [0.29, 0.717) is 11.4 Å². The van der Waals surface area contributed by atoms with Crippen LogP contribution in [-0.4, -0.2) is 17.0 Å². The largest absolute Gasteiger partial charge is 0.437 e. The summed E-state index contributed by atoms with van der Waals surface area (Å²) in [5.74, 6) is 0.304. The highest BCUT2D eigenvalue weighted by Gasteiger charge is 2.32. The molecular formula is C13H12F3N3O. The summed E-state index contributed by atoms with van der Waals surface area (Å²) < 4.78 is 43.7. The summed E-state index contributed by atoms with van der Waals surface area (Å²) in [6.07, 6.45) is -2.89. The van der Waals surface area contributed by atoms with Crippen molar-refractivity contribution < 1.29 is 17.9 Å². The minimum absolute atomic E-state index is 0.0800. The van der Waals surface area contributed by atoms with Crippen molar-refractivity contribution >= 4 is 5.82 Å². The van der Waals surface area contributed by atoms with Gasteiger partial charge in [-0.3, -0.25) is 4.98 Å². The van der Waals surface area contributed by atoms with E-state index in [2.05, 4.69) is 15.3 Å². The molecule has 0 aliphatic rings. The predicted octanol–water partition coefficient (Wildman–Crippen LogP) is 3.64. The number of rotatable bonds is 3. The van der Waals surface area contributed by atoms with Gasteiger partial charge in [0.15, 0.2) is 5.75 Å². The van der Waals surface area contributed by atoms with Crippen LogP contribution in [0.15, 0.2) is 30.5 Å². The first kappa shape index (κ1) is 14.1. The first-order valence-electron chi connectivity index (χ1n) is 5.76. The third-order valence-corrected chi connectivity index (χ3v) is 2.56. The van der Waals surface area contributed by atoms with Crippen LogP contribution in [0.5, 0.6) is 11.6 Å². The Morgan fingerprint density at radius 3 is 2.60 bits per heavy atom. The van der Waals surface area contributed by atoms with Crippen molar-refractivity contribution in [1.82, 2.24) is 9.97 Å². The summed E-state index contributed by atoms with van der Waals surface area (Å²) >= 11 is 0. The van der Waals surface area contributed by atoms with Crippen molar-refractivity contribution in [2.75, 3.05) is 12.4 Å². The molecule has 0 bridgehead atoms. The maximum Gasteiger partial charge on any atom is 0.416 e. The van der Waals surface area contributed by atoms with E-state index in [4.69, 9.17) is 4.74 Å². The summed E-state index contributed by atoms with van der Waals surface area (Å²) in [6, 6.07) is 5.02. The second kappa shape index (κ2) is 5.36. The Bertz CT molecular complexity index is 614. The Morgan fingerprint density at radius 2 is 2.00 bits per heavy atom. The maximum absolute atomic E-state index is 12.8. The van der Waals surface area contributed by atoms with Crippen LogP contribution in [0.2, 0.25) is 0 Å². The number of hydrogen-bond acceptors (Lipinski definition) is 4. The molecule has 0 saturated carbocycles. The average molecular weight is 283 g/mol. The van der Waals surface area contributed by atoms with E-state index in [1.165, 1.54) is 7.05 Å². The molecule has 2 heterocycles. The molecule has 0 amide bonds. The van der Waals surface area contributed by atoms with Crippen LogP contribution in [-0.2, 0) is 6.18 Å². The van der Waals surface area contributed by atoms with Crippen LogP contribution < -0.4 is 10.1 Å². The topological polar surface area (TPSA) is 47.0 Å². The molecule has 0 fully saturated rings. The monoisotopic (exact) mass is 283 g/mol. The number of alkyl halides is 3. The number of nitrogens with one attached hydrogen (secondary N) is 1. The second-order valence-corrected chi connectivity index (χ2v) is 4.02. The highest BCUT2D eigenvalue weighted by atomic mass is 19.4. The Labute approximate surface area is 113 Å². The van der Waals surface area contributed by atoms with Crippen molar-refractivity contribution in [2.45, 2.75) is 13.1 Å². The number of ether oxygens (including phenoxy) is 1.